The molecule has 230 valence electrons. The summed E-state index contributed by atoms with van der Waals surface area (Å²) in [5, 5.41) is 6.38. The standard InChI is InChI=1S/C32H44F3N5O2/c1-8-11-27(40-18-16-31(6,17-19-40)30(41)37-21-22(4)9-2)28-20-26(29(36-10-3)39(28)7)23(5)38-24-12-14-25(15-13-24)42-32(33,34)35/h10-15,20,22,36H,3,8-9,16-19,21H2,1-2,4-7H3,(H,37,41)/b27-11+,38-23?. The third kappa shape index (κ3) is 8.20. The molecule has 42 heavy (non-hydrogen) atoms. The van der Waals surface area contributed by atoms with Crippen LogP contribution >= 0.6 is 0 Å². The highest BCUT2D eigenvalue weighted by Crippen LogP contribution is 2.37. The molecule has 10 heteroatoms. The Morgan fingerprint density at radius 2 is 1.86 bits per heavy atom. The Labute approximate surface area is 247 Å². The Bertz CT molecular complexity index is 1290. The number of rotatable bonds is 12. The monoisotopic (exact) mass is 587 g/mol. The van der Waals surface area contributed by atoms with Crippen LogP contribution in [-0.4, -0.2) is 47.1 Å². The maximum Gasteiger partial charge on any atom is 0.573 e. The van der Waals surface area contributed by atoms with Crippen molar-refractivity contribution in [1.29, 1.82) is 0 Å². The van der Waals surface area contributed by atoms with Crippen LogP contribution in [0.25, 0.3) is 5.70 Å². The molecular formula is C32H44F3N5O2. The largest absolute Gasteiger partial charge is 0.573 e. The number of allylic oxidation sites excluding steroid dienone is 1. The van der Waals surface area contributed by atoms with Gasteiger partial charge in [0.25, 0.3) is 0 Å². The molecule has 1 aromatic carbocycles. The van der Waals surface area contributed by atoms with Gasteiger partial charge in [0, 0.05) is 43.4 Å². The normalized spacial score (nSPS) is 16.6. The first-order valence-electron chi connectivity index (χ1n) is 14.5. The summed E-state index contributed by atoms with van der Waals surface area (Å²) in [4.78, 5) is 20.1. The first-order chi connectivity index (χ1) is 19.8. The van der Waals surface area contributed by atoms with Crippen LogP contribution in [0.4, 0.5) is 24.7 Å². The molecule has 2 aromatic rings. The number of aromatic nitrogens is 1. The summed E-state index contributed by atoms with van der Waals surface area (Å²) in [7, 11) is 1.97. The minimum absolute atomic E-state index is 0.131. The third-order valence-corrected chi connectivity index (χ3v) is 7.95. The molecule has 1 fully saturated rings. The highest BCUT2D eigenvalue weighted by molar-refractivity contribution is 6.05. The average Bonchev–Trinajstić information content (AvgIpc) is 3.26. The number of likely N-dealkylation sites (tertiary alicyclic amines) is 1. The Morgan fingerprint density at radius 1 is 1.21 bits per heavy atom. The number of hydrogen-bond donors (Lipinski definition) is 2. The van der Waals surface area contributed by atoms with Gasteiger partial charge in [-0.25, -0.2) is 0 Å². The fraction of sp³-hybridized carbons (Fsp3) is 0.500. The molecule has 1 aliphatic heterocycles. The lowest BCUT2D eigenvalue weighted by Crippen LogP contribution is -2.47. The minimum atomic E-state index is -4.75. The predicted molar refractivity (Wildman–Crippen MR) is 164 cm³/mol. The lowest BCUT2D eigenvalue weighted by atomic mass is 9.79. The van der Waals surface area contributed by atoms with Crippen LogP contribution in [-0.2, 0) is 11.8 Å². The number of nitrogens with zero attached hydrogens (tertiary/aromatic N) is 3. The first kappa shape index (κ1) is 32.8. The van der Waals surface area contributed by atoms with E-state index in [0.717, 1.165) is 61.5 Å². The van der Waals surface area contributed by atoms with Crippen molar-refractivity contribution in [3.05, 3.63) is 60.4 Å². The van der Waals surface area contributed by atoms with E-state index < -0.39 is 11.8 Å². The van der Waals surface area contributed by atoms with Gasteiger partial charge < -0.3 is 24.8 Å². The second-order valence-corrected chi connectivity index (χ2v) is 11.2. The van der Waals surface area contributed by atoms with Crippen LogP contribution in [0.15, 0.2) is 54.2 Å². The van der Waals surface area contributed by atoms with Crippen molar-refractivity contribution in [2.24, 2.45) is 23.4 Å². The molecule has 1 amide bonds. The number of nitrogens with one attached hydrogen (secondary N) is 2. The fourth-order valence-electron chi connectivity index (χ4n) is 5.05. The van der Waals surface area contributed by atoms with Crippen LogP contribution in [0.5, 0.6) is 5.75 Å². The van der Waals surface area contributed by atoms with E-state index in [1.54, 1.807) is 6.20 Å². The zero-order chi connectivity index (χ0) is 31.1. The molecule has 1 saturated heterocycles. The van der Waals surface area contributed by atoms with Gasteiger partial charge in [-0.05, 0) is 68.6 Å². The zero-order valence-electron chi connectivity index (χ0n) is 25.6. The van der Waals surface area contributed by atoms with Crippen molar-refractivity contribution in [3.8, 4) is 5.75 Å². The molecule has 0 spiro atoms. The molecule has 0 bridgehead atoms. The van der Waals surface area contributed by atoms with Crippen molar-refractivity contribution in [1.82, 2.24) is 14.8 Å². The maximum atomic E-state index is 13.1. The smallest absolute Gasteiger partial charge is 0.406 e. The van der Waals surface area contributed by atoms with Crippen LogP contribution in [0.2, 0.25) is 0 Å². The SMILES string of the molecule is C=CNc1c(C(C)=Nc2ccc(OC(F)(F)F)cc2)cc(/C(=C\CC)N2CCC(C)(C(=O)NCC(C)CC)CC2)n1C. The summed E-state index contributed by atoms with van der Waals surface area (Å²) in [5.41, 5.74) is 3.71. The van der Waals surface area contributed by atoms with Gasteiger partial charge >= 0.3 is 6.36 Å². The van der Waals surface area contributed by atoms with Gasteiger partial charge in [0.15, 0.2) is 0 Å². The van der Waals surface area contributed by atoms with Crippen LogP contribution < -0.4 is 15.4 Å². The molecule has 0 radical (unpaired) electrons. The van der Waals surface area contributed by atoms with Crippen LogP contribution in [0.3, 0.4) is 0 Å². The molecule has 1 unspecified atom stereocenters. The number of anilines is 1. The number of carbonyl (C=O) groups excluding carboxylic acids is 1. The number of amides is 1. The molecule has 2 N–H and O–H groups in total. The van der Waals surface area contributed by atoms with Crippen LogP contribution in [0, 0.1) is 11.3 Å². The lowest BCUT2D eigenvalue weighted by Gasteiger charge is -2.40. The lowest BCUT2D eigenvalue weighted by molar-refractivity contribution is -0.274. The van der Waals surface area contributed by atoms with Gasteiger partial charge in [0.2, 0.25) is 5.91 Å². The van der Waals surface area contributed by atoms with Crippen molar-refractivity contribution < 1.29 is 22.7 Å². The van der Waals surface area contributed by atoms with E-state index in [4.69, 9.17) is 0 Å². The maximum absolute atomic E-state index is 13.1. The highest BCUT2D eigenvalue weighted by atomic mass is 19.4. The number of alkyl halides is 3. The summed E-state index contributed by atoms with van der Waals surface area (Å²) >= 11 is 0. The highest BCUT2D eigenvalue weighted by Gasteiger charge is 2.38. The van der Waals surface area contributed by atoms with E-state index in [1.165, 1.54) is 24.3 Å². The zero-order valence-corrected chi connectivity index (χ0v) is 25.6. The number of carbonyl (C=O) groups is 1. The Morgan fingerprint density at radius 3 is 2.40 bits per heavy atom. The third-order valence-electron chi connectivity index (χ3n) is 7.95. The molecule has 1 atom stereocenters. The number of piperidine rings is 1. The number of hydrogen-bond acceptors (Lipinski definition) is 5. The van der Waals surface area contributed by atoms with E-state index in [9.17, 15) is 18.0 Å². The number of halogens is 3. The van der Waals surface area contributed by atoms with E-state index >= 15 is 0 Å². The fourth-order valence-corrected chi connectivity index (χ4v) is 5.05. The van der Waals surface area contributed by atoms with Gasteiger partial charge in [-0.3, -0.25) is 9.79 Å². The van der Waals surface area contributed by atoms with Gasteiger partial charge in [-0.2, -0.15) is 0 Å². The van der Waals surface area contributed by atoms with Crippen molar-refractivity contribution in [2.75, 3.05) is 25.0 Å². The molecule has 2 heterocycles. The summed E-state index contributed by atoms with van der Waals surface area (Å²) in [6.45, 7) is 16.3. The number of benzene rings is 1. The topological polar surface area (TPSA) is 70.9 Å². The predicted octanol–water partition coefficient (Wildman–Crippen LogP) is 7.64. The second kappa shape index (κ2) is 14.0. The number of ether oxygens (including phenoxy) is 1. The van der Waals surface area contributed by atoms with E-state index in [-0.39, 0.29) is 11.7 Å². The Balaban J connectivity index is 1.86. The molecule has 0 aliphatic carbocycles. The van der Waals surface area contributed by atoms with E-state index in [1.807, 2.05) is 14.0 Å². The summed E-state index contributed by atoms with van der Waals surface area (Å²) in [6, 6.07) is 7.54. The quantitative estimate of drug-likeness (QED) is 0.251. The first-order valence-corrected chi connectivity index (χ1v) is 14.5. The average molecular weight is 588 g/mol. The Kier molecular flexibility index (Phi) is 10.9. The van der Waals surface area contributed by atoms with Gasteiger partial charge in [-0.1, -0.05) is 46.8 Å². The summed E-state index contributed by atoms with van der Waals surface area (Å²) in [6.07, 6.45) is 2.44. The van der Waals surface area contributed by atoms with Gasteiger partial charge in [-0.15, -0.1) is 13.2 Å². The Hall–Kier alpha value is -3.69. The van der Waals surface area contributed by atoms with Crippen molar-refractivity contribution in [3.63, 3.8) is 0 Å². The van der Waals surface area contributed by atoms with Gasteiger partial charge in [0.1, 0.15) is 11.6 Å². The second-order valence-electron chi connectivity index (χ2n) is 11.2. The van der Waals surface area contributed by atoms with Gasteiger partial charge in [0.05, 0.1) is 17.1 Å². The number of aliphatic imine (C=N–C) groups is 1. The molecular weight excluding hydrogens is 543 g/mol. The molecule has 0 saturated carbocycles. The minimum Gasteiger partial charge on any atom is -0.406 e. The van der Waals surface area contributed by atoms with Crippen molar-refractivity contribution >= 4 is 28.8 Å². The summed E-state index contributed by atoms with van der Waals surface area (Å²) in [5.74, 6) is 1.09. The summed E-state index contributed by atoms with van der Waals surface area (Å²) < 4.78 is 43.6. The molecule has 7 nitrogen and oxygen atoms in total. The van der Waals surface area contributed by atoms with E-state index in [2.05, 4.69) is 76.2 Å². The van der Waals surface area contributed by atoms with E-state index in [0.29, 0.717) is 23.9 Å². The molecule has 1 aromatic heterocycles. The molecule has 3 rings (SSSR count). The molecule has 1 aliphatic rings. The van der Waals surface area contributed by atoms with Crippen LogP contribution in [0.1, 0.15) is 71.6 Å². The van der Waals surface area contributed by atoms with Crippen molar-refractivity contribution in [2.45, 2.75) is 66.7 Å².